The summed E-state index contributed by atoms with van der Waals surface area (Å²) in [7, 11) is 0. The molecular weight excluding hydrogens is 408 g/mol. The topological polar surface area (TPSA) is 110 Å². The molecule has 2 saturated heterocycles. The van der Waals surface area contributed by atoms with Gasteiger partial charge in [-0.25, -0.2) is 4.99 Å². The van der Waals surface area contributed by atoms with Crippen molar-refractivity contribution in [1.29, 1.82) is 0 Å². The highest BCUT2D eigenvalue weighted by atomic mass is 16.5. The SMILES string of the molecule is CC1N=C(N)Nc2ccc(N3CCOCC3)c(c2)CN2CCN(CC2)CC(=O)NCCN1. The normalized spacial score (nSPS) is 28.2. The number of carbonyl (C=O) groups is 1. The molecule has 1 unspecified atom stereocenters. The molecule has 10 nitrogen and oxygen atoms in total. The number of rotatable bonds is 1. The van der Waals surface area contributed by atoms with Gasteiger partial charge in [-0.2, -0.15) is 0 Å². The molecule has 1 atom stereocenters. The van der Waals surface area contributed by atoms with E-state index in [9.17, 15) is 4.79 Å². The lowest BCUT2D eigenvalue weighted by Crippen LogP contribution is -2.49. The third kappa shape index (κ3) is 6.32. The number of ether oxygens (including phenoxy) is 1. The molecule has 1 aromatic carbocycles. The molecule has 0 radical (unpaired) electrons. The van der Waals surface area contributed by atoms with Crippen LogP contribution in [0.25, 0.3) is 0 Å². The lowest BCUT2D eigenvalue weighted by molar-refractivity contribution is -0.122. The van der Waals surface area contributed by atoms with Gasteiger partial charge in [0.05, 0.1) is 19.8 Å². The first kappa shape index (κ1) is 22.8. The number of morpholine rings is 1. The standard InChI is InChI=1S/C22H36N8O2/c1-17-24-4-5-25-21(31)16-29-8-6-28(7-9-29)15-18-14-19(27-22(23)26-17)2-3-20(18)30-10-12-32-13-11-30/h2-3,14,17,24H,4-13,15-16H2,1H3,(H,25,31)(H3,23,26,27). The first-order chi connectivity index (χ1) is 15.6. The molecule has 5 N–H and O–H groups in total. The summed E-state index contributed by atoms with van der Waals surface area (Å²) in [6.45, 7) is 11.4. The van der Waals surface area contributed by atoms with Gasteiger partial charge in [0.1, 0.15) is 6.17 Å². The summed E-state index contributed by atoms with van der Waals surface area (Å²) in [6, 6.07) is 6.44. The summed E-state index contributed by atoms with van der Waals surface area (Å²) in [5, 5.41) is 9.49. The summed E-state index contributed by atoms with van der Waals surface area (Å²) in [6.07, 6.45) is -0.156. The van der Waals surface area contributed by atoms with Gasteiger partial charge in [-0.3, -0.25) is 19.9 Å². The molecule has 4 aliphatic rings. The molecule has 176 valence electrons. The first-order valence-corrected chi connectivity index (χ1v) is 11.6. The minimum atomic E-state index is -0.156. The number of carbonyl (C=O) groups excluding carboxylic acids is 1. The smallest absolute Gasteiger partial charge is 0.234 e. The highest BCUT2D eigenvalue weighted by molar-refractivity contribution is 5.92. The Hall–Kier alpha value is -2.40. The van der Waals surface area contributed by atoms with Gasteiger partial charge < -0.3 is 26.0 Å². The van der Waals surface area contributed by atoms with Crippen molar-refractivity contribution in [3.8, 4) is 0 Å². The van der Waals surface area contributed by atoms with Crippen molar-refractivity contribution < 1.29 is 9.53 Å². The van der Waals surface area contributed by atoms with Crippen LogP contribution in [0.15, 0.2) is 23.2 Å². The van der Waals surface area contributed by atoms with E-state index in [2.05, 4.69) is 53.8 Å². The number of anilines is 2. The lowest BCUT2D eigenvalue weighted by Gasteiger charge is -2.36. The Morgan fingerprint density at radius 3 is 2.50 bits per heavy atom. The Morgan fingerprint density at radius 2 is 1.75 bits per heavy atom. The van der Waals surface area contributed by atoms with Crippen molar-refractivity contribution in [2.45, 2.75) is 19.6 Å². The first-order valence-electron chi connectivity index (χ1n) is 11.6. The molecule has 0 saturated carbocycles. The van der Waals surface area contributed by atoms with Crippen molar-refractivity contribution >= 4 is 23.2 Å². The molecule has 0 aromatic heterocycles. The fourth-order valence-corrected chi connectivity index (χ4v) is 4.43. The Bertz CT molecular complexity index is 803. The van der Waals surface area contributed by atoms with Crippen LogP contribution in [0.4, 0.5) is 11.4 Å². The van der Waals surface area contributed by atoms with Gasteiger partial charge in [0.15, 0.2) is 5.96 Å². The number of amides is 1. The maximum absolute atomic E-state index is 12.3. The molecule has 4 aliphatic heterocycles. The molecule has 2 fully saturated rings. The molecule has 1 aromatic rings. The van der Waals surface area contributed by atoms with Crippen LogP contribution in [0.5, 0.6) is 0 Å². The molecule has 10 heteroatoms. The van der Waals surface area contributed by atoms with Crippen molar-refractivity contribution in [3.05, 3.63) is 23.8 Å². The minimum Gasteiger partial charge on any atom is -0.378 e. The van der Waals surface area contributed by atoms with Gasteiger partial charge in [-0.1, -0.05) is 0 Å². The van der Waals surface area contributed by atoms with E-state index in [1.165, 1.54) is 11.3 Å². The van der Waals surface area contributed by atoms with Crippen LogP contribution in [0.3, 0.4) is 0 Å². The van der Waals surface area contributed by atoms with Crippen LogP contribution in [-0.2, 0) is 16.1 Å². The van der Waals surface area contributed by atoms with Gasteiger partial charge >= 0.3 is 0 Å². The zero-order valence-corrected chi connectivity index (χ0v) is 19.0. The quantitative estimate of drug-likeness (QED) is 0.456. The van der Waals surface area contributed by atoms with E-state index in [1.54, 1.807) is 0 Å². The van der Waals surface area contributed by atoms with E-state index in [0.29, 0.717) is 25.6 Å². The predicted molar refractivity (Wildman–Crippen MR) is 127 cm³/mol. The zero-order valence-electron chi connectivity index (χ0n) is 19.0. The van der Waals surface area contributed by atoms with E-state index in [1.807, 2.05) is 6.92 Å². The average molecular weight is 445 g/mol. The number of nitrogens with one attached hydrogen (secondary N) is 3. The van der Waals surface area contributed by atoms with E-state index in [4.69, 9.17) is 10.5 Å². The average Bonchev–Trinajstić information content (AvgIpc) is 2.78. The van der Waals surface area contributed by atoms with Crippen molar-refractivity contribution in [1.82, 2.24) is 20.4 Å². The monoisotopic (exact) mass is 444 g/mol. The second-order valence-corrected chi connectivity index (χ2v) is 8.61. The Balaban J connectivity index is 1.56. The van der Waals surface area contributed by atoms with E-state index in [-0.39, 0.29) is 12.1 Å². The van der Waals surface area contributed by atoms with E-state index >= 15 is 0 Å². The molecular formula is C22H36N8O2. The highest BCUT2D eigenvalue weighted by Gasteiger charge is 2.22. The fraction of sp³-hybridized carbons (Fsp3) is 0.636. The Kier molecular flexibility index (Phi) is 7.80. The van der Waals surface area contributed by atoms with Crippen LogP contribution < -0.4 is 26.6 Å². The number of benzene rings is 1. The van der Waals surface area contributed by atoms with Gasteiger partial charge in [-0.15, -0.1) is 0 Å². The summed E-state index contributed by atoms with van der Waals surface area (Å²) in [5.74, 6) is 0.440. The van der Waals surface area contributed by atoms with Crippen molar-refractivity contribution in [3.63, 3.8) is 0 Å². The van der Waals surface area contributed by atoms with Gasteiger partial charge in [0.25, 0.3) is 0 Å². The van der Waals surface area contributed by atoms with Gasteiger partial charge in [0, 0.05) is 70.3 Å². The summed E-state index contributed by atoms with van der Waals surface area (Å²) in [4.78, 5) is 23.8. The van der Waals surface area contributed by atoms with Crippen molar-refractivity contribution in [2.75, 3.05) is 82.3 Å². The predicted octanol–water partition coefficient (Wildman–Crippen LogP) is -0.567. The number of piperazine rings is 1. The molecule has 1 amide bonds. The molecule has 4 bridgehead atoms. The second-order valence-electron chi connectivity index (χ2n) is 8.61. The highest BCUT2D eigenvalue weighted by Crippen LogP contribution is 2.27. The van der Waals surface area contributed by atoms with Crippen LogP contribution in [-0.4, -0.2) is 99.9 Å². The van der Waals surface area contributed by atoms with Crippen LogP contribution >= 0.6 is 0 Å². The van der Waals surface area contributed by atoms with Gasteiger partial charge in [-0.05, 0) is 30.7 Å². The summed E-state index contributed by atoms with van der Waals surface area (Å²) >= 11 is 0. The Labute approximate surface area is 190 Å². The third-order valence-corrected chi connectivity index (χ3v) is 6.15. The second kappa shape index (κ2) is 11.0. The maximum atomic E-state index is 12.3. The number of hydrogen-bond acceptors (Lipinski definition) is 9. The van der Waals surface area contributed by atoms with Crippen molar-refractivity contribution in [2.24, 2.45) is 10.7 Å². The zero-order chi connectivity index (χ0) is 22.3. The van der Waals surface area contributed by atoms with Crippen LogP contribution in [0, 0.1) is 0 Å². The minimum absolute atomic E-state index is 0.0704. The van der Waals surface area contributed by atoms with E-state index < -0.39 is 0 Å². The number of nitrogens with two attached hydrogens (primary N) is 1. The van der Waals surface area contributed by atoms with Crippen LogP contribution in [0.1, 0.15) is 12.5 Å². The maximum Gasteiger partial charge on any atom is 0.234 e. The number of nitrogens with zero attached hydrogens (tertiary/aromatic N) is 4. The molecule has 5 rings (SSSR count). The molecule has 32 heavy (non-hydrogen) atoms. The number of guanidine groups is 1. The summed E-state index contributed by atoms with van der Waals surface area (Å²) in [5.41, 5.74) is 9.63. The number of fused-ring (bicyclic) bond motifs is 10. The molecule has 0 spiro atoms. The number of hydrogen-bond donors (Lipinski definition) is 4. The van der Waals surface area contributed by atoms with Crippen LogP contribution in [0.2, 0.25) is 0 Å². The van der Waals surface area contributed by atoms with Gasteiger partial charge in [0.2, 0.25) is 5.91 Å². The molecule has 4 heterocycles. The Morgan fingerprint density at radius 1 is 1.03 bits per heavy atom. The third-order valence-electron chi connectivity index (χ3n) is 6.15. The molecule has 0 aliphatic carbocycles. The lowest BCUT2D eigenvalue weighted by atomic mass is 10.1. The largest absolute Gasteiger partial charge is 0.378 e. The summed E-state index contributed by atoms with van der Waals surface area (Å²) < 4.78 is 5.55. The fourth-order valence-electron chi connectivity index (χ4n) is 4.43. The number of aliphatic imine (C=N–C) groups is 1. The van der Waals surface area contributed by atoms with E-state index in [0.717, 1.165) is 64.7 Å².